The molecule has 0 spiro atoms. The number of nitrogens with two attached hydrogens (primary N) is 1. The number of hydrogen-bond donors (Lipinski definition) is 2. The van der Waals surface area contributed by atoms with Gasteiger partial charge in [0.2, 0.25) is 11.8 Å². The van der Waals surface area contributed by atoms with Crippen molar-refractivity contribution in [1.82, 2.24) is 10.2 Å². The van der Waals surface area contributed by atoms with Gasteiger partial charge in [-0.15, -0.1) is 0 Å². The Balaban J connectivity index is 1.45. The summed E-state index contributed by atoms with van der Waals surface area (Å²) in [6.45, 7) is 1.05. The fraction of sp³-hybridized carbons (Fsp3) is 0.591. The molecule has 7 nitrogen and oxygen atoms in total. The van der Waals surface area contributed by atoms with E-state index >= 15 is 0 Å². The molecule has 29 heavy (non-hydrogen) atoms. The summed E-state index contributed by atoms with van der Waals surface area (Å²) in [6, 6.07) is 7.27. The van der Waals surface area contributed by atoms with Crippen LogP contribution in [0.2, 0.25) is 0 Å². The van der Waals surface area contributed by atoms with Crippen molar-refractivity contribution in [2.75, 3.05) is 19.7 Å². The first kappa shape index (κ1) is 21.1. The molecule has 1 aliphatic heterocycles. The standard InChI is InChI=1S/C22H31N3O4/c23-20(26)13-16-8-10-19(11-9-16)29-15-21(27)25-12-4-5-17(14-25)22(28)24-18-6-2-1-3-7-18/h8-11,17-18H,1-7,12-15H2,(H2,23,26)(H,24,28). The van der Waals surface area contributed by atoms with Crippen LogP contribution in [0.3, 0.4) is 0 Å². The number of carbonyl (C=O) groups excluding carboxylic acids is 3. The summed E-state index contributed by atoms with van der Waals surface area (Å²) in [5, 5.41) is 3.18. The average molecular weight is 402 g/mol. The van der Waals surface area contributed by atoms with Crippen LogP contribution in [0.25, 0.3) is 0 Å². The zero-order chi connectivity index (χ0) is 20.6. The highest BCUT2D eigenvalue weighted by Gasteiger charge is 2.29. The van der Waals surface area contributed by atoms with E-state index in [1.54, 1.807) is 29.2 Å². The van der Waals surface area contributed by atoms with Gasteiger partial charge in [-0.3, -0.25) is 14.4 Å². The van der Waals surface area contributed by atoms with Gasteiger partial charge in [0.05, 0.1) is 12.3 Å². The Bertz CT molecular complexity index is 713. The van der Waals surface area contributed by atoms with E-state index in [1.807, 2.05) is 0 Å². The van der Waals surface area contributed by atoms with E-state index in [2.05, 4.69) is 5.32 Å². The summed E-state index contributed by atoms with van der Waals surface area (Å²) < 4.78 is 5.59. The number of carbonyl (C=O) groups is 3. The maximum atomic E-state index is 12.6. The summed E-state index contributed by atoms with van der Waals surface area (Å²) >= 11 is 0. The van der Waals surface area contributed by atoms with Crippen molar-refractivity contribution >= 4 is 17.7 Å². The summed E-state index contributed by atoms with van der Waals surface area (Å²) in [5.41, 5.74) is 5.98. The van der Waals surface area contributed by atoms with Crippen molar-refractivity contribution in [2.24, 2.45) is 11.7 Å². The maximum absolute atomic E-state index is 12.6. The molecule has 0 bridgehead atoms. The Morgan fingerprint density at radius 3 is 2.45 bits per heavy atom. The zero-order valence-electron chi connectivity index (χ0n) is 16.9. The number of ether oxygens (including phenoxy) is 1. The van der Waals surface area contributed by atoms with Crippen LogP contribution in [0, 0.1) is 5.92 Å². The zero-order valence-corrected chi connectivity index (χ0v) is 16.9. The Kier molecular flexibility index (Phi) is 7.49. The van der Waals surface area contributed by atoms with Crippen LogP contribution in [-0.2, 0) is 20.8 Å². The number of rotatable bonds is 7. The van der Waals surface area contributed by atoms with Crippen molar-refractivity contribution < 1.29 is 19.1 Å². The molecule has 1 aliphatic carbocycles. The molecule has 1 saturated carbocycles. The van der Waals surface area contributed by atoms with Gasteiger partial charge in [-0.05, 0) is 43.4 Å². The van der Waals surface area contributed by atoms with Gasteiger partial charge < -0.3 is 20.7 Å². The minimum atomic E-state index is -0.388. The van der Waals surface area contributed by atoms with E-state index < -0.39 is 0 Å². The van der Waals surface area contributed by atoms with Crippen LogP contribution >= 0.6 is 0 Å². The fourth-order valence-corrected chi connectivity index (χ4v) is 4.12. The number of likely N-dealkylation sites (tertiary alicyclic amines) is 1. The lowest BCUT2D eigenvalue weighted by atomic mass is 9.93. The molecule has 1 unspecified atom stereocenters. The molecule has 1 heterocycles. The lowest BCUT2D eigenvalue weighted by molar-refractivity contribution is -0.137. The number of amides is 3. The number of benzene rings is 1. The third-order valence-electron chi connectivity index (χ3n) is 5.76. The van der Waals surface area contributed by atoms with E-state index in [0.717, 1.165) is 31.2 Å². The number of primary amides is 1. The van der Waals surface area contributed by atoms with Crippen LogP contribution < -0.4 is 15.8 Å². The molecule has 0 radical (unpaired) electrons. The van der Waals surface area contributed by atoms with Gasteiger partial charge in [-0.2, -0.15) is 0 Å². The van der Waals surface area contributed by atoms with Crippen molar-refractivity contribution in [3.05, 3.63) is 29.8 Å². The monoisotopic (exact) mass is 401 g/mol. The second kappa shape index (κ2) is 10.3. The summed E-state index contributed by atoms with van der Waals surface area (Å²) in [4.78, 5) is 37.8. The molecule has 7 heteroatoms. The first-order valence-corrected chi connectivity index (χ1v) is 10.6. The topological polar surface area (TPSA) is 102 Å². The fourth-order valence-electron chi connectivity index (χ4n) is 4.12. The highest BCUT2D eigenvalue weighted by Crippen LogP contribution is 2.21. The van der Waals surface area contributed by atoms with Gasteiger partial charge in [0.25, 0.3) is 5.91 Å². The molecule has 1 aromatic carbocycles. The predicted octanol–water partition coefficient (Wildman–Crippen LogP) is 1.78. The van der Waals surface area contributed by atoms with Crippen LogP contribution in [-0.4, -0.2) is 48.4 Å². The van der Waals surface area contributed by atoms with Gasteiger partial charge in [0.15, 0.2) is 6.61 Å². The SMILES string of the molecule is NC(=O)Cc1ccc(OCC(=O)N2CCCC(C(=O)NC3CCCCC3)C2)cc1. The Morgan fingerprint density at radius 2 is 1.76 bits per heavy atom. The molecule has 1 aromatic rings. The lowest BCUT2D eigenvalue weighted by Gasteiger charge is -2.33. The predicted molar refractivity (Wildman–Crippen MR) is 109 cm³/mol. The van der Waals surface area contributed by atoms with Gasteiger partial charge in [0, 0.05) is 19.1 Å². The van der Waals surface area contributed by atoms with Gasteiger partial charge in [-0.25, -0.2) is 0 Å². The molecule has 2 aliphatic rings. The highest BCUT2D eigenvalue weighted by atomic mass is 16.5. The van der Waals surface area contributed by atoms with Gasteiger partial charge >= 0.3 is 0 Å². The Labute approximate surface area is 172 Å². The third-order valence-corrected chi connectivity index (χ3v) is 5.76. The summed E-state index contributed by atoms with van der Waals surface area (Å²) in [7, 11) is 0. The second-order valence-electron chi connectivity index (χ2n) is 8.10. The van der Waals surface area contributed by atoms with E-state index in [1.165, 1.54) is 19.3 Å². The maximum Gasteiger partial charge on any atom is 0.260 e. The molecular weight excluding hydrogens is 370 g/mol. The van der Waals surface area contributed by atoms with Crippen molar-refractivity contribution in [3.8, 4) is 5.75 Å². The molecule has 1 saturated heterocycles. The lowest BCUT2D eigenvalue weighted by Crippen LogP contribution is -2.48. The molecule has 3 rings (SSSR count). The second-order valence-corrected chi connectivity index (χ2v) is 8.10. The molecule has 1 atom stereocenters. The Morgan fingerprint density at radius 1 is 1.03 bits per heavy atom. The van der Waals surface area contributed by atoms with Gasteiger partial charge in [-0.1, -0.05) is 31.4 Å². The third kappa shape index (κ3) is 6.48. The van der Waals surface area contributed by atoms with E-state index in [4.69, 9.17) is 10.5 Å². The van der Waals surface area contributed by atoms with Crippen LogP contribution in [0.15, 0.2) is 24.3 Å². The van der Waals surface area contributed by atoms with E-state index in [0.29, 0.717) is 24.9 Å². The normalized spacial score (nSPS) is 20.1. The minimum absolute atomic E-state index is 0.0634. The number of nitrogens with one attached hydrogen (secondary N) is 1. The van der Waals surface area contributed by atoms with Crippen LogP contribution in [0.4, 0.5) is 0 Å². The molecule has 0 aromatic heterocycles. The first-order valence-electron chi connectivity index (χ1n) is 10.6. The molecular formula is C22H31N3O4. The largest absolute Gasteiger partial charge is 0.484 e. The van der Waals surface area contributed by atoms with Crippen LogP contribution in [0.5, 0.6) is 5.75 Å². The molecule has 158 valence electrons. The van der Waals surface area contributed by atoms with Gasteiger partial charge in [0.1, 0.15) is 5.75 Å². The summed E-state index contributed by atoms with van der Waals surface area (Å²) in [6.07, 6.45) is 7.58. The molecule has 2 fully saturated rings. The quantitative estimate of drug-likeness (QED) is 0.727. The summed E-state index contributed by atoms with van der Waals surface area (Å²) in [5.74, 6) is 0.0145. The number of piperidine rings is 1. The smallest absolute Gasteiger partial charge is 0.260 e. The van der Waals surface area contributed by atoms with Crippen molar-refractivity contribution in [3.63, 3.8) is 0 Å². The number of hydrogen-bond acceptors (Lipinski definition) is 4. The van der Waals surface area contributed by atoms with Crippen molar-refractivity contribution in [2.45, 2.75) is 57.4 Å². The van der Waals surface area contributed by atoms with E-state index in [9.17, 15) is 14.4 Å². The van der Waals surface area contributed by atoms with Crippen molar-refractivity contribution in [1.29, 1.82) is 0 Å². The van der Waals surface area contributed by atoms with E-state index in [-0.39, 0.29) is 36.7 Å². The number of nitrogens with zero attached hydrogens (tertiary/aromatic N) is 1. The Hall–Kier alpha value is -2.57. The minimum Gasteiger partial charge on any atom is -0.484 e. The first-order chi connectivity index (χ1) is 14.0. The highest BCUT2D eigenvalue weighted by molar-refractivity contribution is 5.82. The molecule has 3 N–H and O–H groups in total. The average Bonchev–Trinajstić information content (AvgIpc) is 2.73. The molecule has 3 amide bonds. The van der Waals surface area contributed by atoms with Crippen LogP contribution in [0.1, 0.15) is 50.5 Å².